The van der Waals surface area contributed by atoms with E-state index in [4.69, 9.17) is 4.74 Å². The summed E-state index contributed by atoms with van der Waals surface area (Å²) in [6, 6.07) is 22.1. The zero-order chi connectivity index (χ0) is 23.8. The third-order valence-electron chi connectivity index (χ3n) is 6.29. The molecule has 176 valence electrons. The number of aromatic nitrogens is 2. The molecule has 2 aromatic heterocycles. The molecule has 0 saturated carbocycles. The predicted molar refractivity (Wildman–Crippen MR) is 140 cm³/mol. The Morgan fingerprint density at radius 2 is 1.82 bits per heavy atom. The van der Waals surface area contributed by atoms with Crippen molar-refractivity contribution in [1.29, 1.82) is 0 Å². The van der Waals surface area contributed by atoms with Crippen molar-refractivity contribution in [3.8, 4) is 5.75 Å². The zero-order valence-electron chi connectivity index (χ0n) is 20.1. The molecule has 0 aliphatic carbocycles. The molecule has 4 rings (SSSR count). The van der Waals surface area contributed by atoms with Gasteiger partial charge >= 0.3 is 0 Å². The Hall–Kier alpha value is -3.60. The molecule has 0 bridgehead atoms. The number of hydrogen-bond acceptors (Lipinski definition) is 4. The zero-order valence-corrected chi connectivity index (χ0v) is 20.1. The fourth-order valence-electron chi connectivity index (χ4n) is 4.31. The molecule has 0 aliphatic heterocycles. The Balaban J connectivity index is 1.27. The molecule has 0 aliphatic rings. The van der Waals surface area contributed by atoms with Gasteiger partial charge in [-0.25, -0.2) is 0 Å². The Kier molecular flexibility index (Phi) is 7.97. The average Bonchev–Trinajstić information content (AvgIpc) is 2.86. The third kappa shape index (κ3) is 6.04. The summed E-state index contributed by atoms with van der Waals surface area (Å²) in [5.41, 5.74) is 4.81. The van der Waals surface area contributed by atoms with Crippen molar-refractivity contribution < 1.29 is 4.74 Å². The van der Waals surface area contributed by atoms with Crippen molar-refractivity contribution in [1.82, 2.24) is 9.55 Å². The first kappa shape index (κ1) is 23.6. The number of anilines is 1. The number of benzene rings is 2. The van der Waals surface area contributed by atoms with E-state index in [-0.39, 0.29) is 5.56 Å². The van der Waals surface area contributed by atoms with E-state index < -0.39 is 0 Å². The first-order valence-electron chi connectivity index (χ1n) is 12.0. The topological polar surface area (TPSA) is 47.4 Å². The van der Waals surface area contributed by atoms with Crippen LogP contribution in [-0.2, 0) is 13.5 Å². The molecular formula is C29H33N3O2. The van der Waals surface area contributed by atoms with Crippen LogP contribution in [0.15, 0.2) is 83.9 Å². The minimum Gasteiger partial charge on any atom is -0.494 e. The number of hydrogen-bond donors (Lipinski definition) is 0. The molecule has 5 nitrogen and oxygen atoms in total. The highest BCUT2D eigenvalue weighted by Crippen LogP contribution is 2.22. The molecule has 0 fully saturated rings. The number of unbranched alkanes of at least 4 members (excludes halogenated alkanes) is 2. The molecule has 0 radical (unpaired) electrons. The molecule has 0 amide bonds. The largest absolute Gasteiger partial charge is 0.494 e. The number of ether oxygens (including phenoxy) is 1. The fraction of sp³-hybridized carbons (Fsp3) is 0.310. The monoisotopic (exact) mass is 455 g/mol. The van der Waals surface area contributed by atoms with Crippen LogP contribution in [-0.4, -0.2) is 29.2 Å². The van der Waals surface area contributed by atoms with Gasteiger partial charge in [-0.1, -0.05) is 24.3 Å². The molecule has 2 aromatic carbocycles. The van der Waals surface area contributed by atoms with Crippen LogP contribution < -0.4 is 15.2 Å². The van der Waals surface area contributed by atoms with E-state index in [1.54, 1.807) is 17.7 Å². The van der Waals surface area contributed by atoms with Gasteiger partial charge in [0.1, 0.15) is 5.75 Å². The molecule has 0 N–H and O–H groups in total. The minimum atomic E-state index is 0.00124. The quantitative estimate of drug-likeness (QED) is 0.279. The highest BCUT2D eigenvalue weighted by molar-refractivity contribution is 5.80. The number of pyridine rings is 2. The molecule has 0 atom stereocenters. The summed E-state index contributed by atoms with van der Waals surface area (Å²) < 4.78 is 7.65. The maximum Gasteiger partial charge on any atom is 0.250 e. The molecule has 2 heterocycles. The number of nitrogens with zero attached hydrogens (tertiary/aromatic N) is 3. The summed E-state index contributed by atoms with van der Waals surface area (Å²) in [4.78, 5) is 18.5. The van der Waals surface area contributed by atoms with E-state index >= 15 is 0 Å². The Morgan fingerprint density at radius 1 is 0.941 bits per heavy atom. The summed E-state index contributed by atoms with van der Waals surface area (Å²) in [5, 5.41) is 1.02. The van der Waals surface area contributed by atoms with Gasteiger partial charge in [0.25, 0.3) is 5.56 Å². The van der Waals surface area contributed by atoms with Crippen molar-refractivity contribution in [2.75, 3.05) is 24.6 Å². The Morgan fingerprint density at radius 3 is 2.65 bits per heavy atom. The minimum absolute atomic E-state index is 0.00124. The highest BCUT2D eigenvalue weighted by atomic mass is 16.5. The van der Waals surface area contributed by atoms with Gasteiger partial charge in [-0.2, -0.15) is 0 Å². The Labute approximate surface area is 201 Å². The first-order chi connectivity index (χ1) is 16.6. The fourth-order valence-corrected chi connectivity index (χ4v) is 4.31. The first-order valence-corrected chi connectivity index (χ1v) is 12.0. The van der Waals surface area contributed by atoms with E-state index in [1.807, 2.05) is 42.7 Å². The van der Waals surface area contributed by atoms with Gasteiger partial charge in [0.05, 0.1) is 12.1 Å². The van der Waals surface area contributed by atoms with E-state index in [0.717, 1.165) is 55.4 Å². The molecule has 5 heteroatoms. The SMILES string of the molecule is Cc1ccccc1N(CCCCCOc1ccc2c(ccc(=O)n2C)c1)CCc1cccnc1. The number of aryl methyl sites for hydroxylation is 2. The smallest absolute Gasteiger partial charge is 0.250 e. The van der Waals surface area contributed by atoms with Crippen LogP contribution in [0.3, 0.4) is 0 Å². The second-order valence-corrected chi connectivity index (χ2v) is 8.75. The van der Waals surface area contributed by atoms with Gasteiger partial charge in [-0.15, -0.1) is 0 Å². The lowest BCUT2D eigenvalue weighted by Crippen LogP contribution is -2.27. The predicted octanol–water partition coefficient (Wildman–Crippen LogP) is 5.54. The van der Waals surface area contributed by atoms with Crippen LogP contribution >= 0.6 is 0 Å². The van der Waals surface area contributed by atoms with Crippen LogP contribution in [0.2, 0.25) is 0 Å². The summed E-state index contributed by atoms with van der Waals surface area (Å²) in [5.74, 6) is 0.851. The lowest BCUT2D eigenvalue weighted by atomic mass is 10.1. The number of fused-ring (bicyclic) bond motifs is 1. The summed E-state index contributed by atoms with van der Waals surface area (Å²) >= 11 is 0. The van der Waals surface area contributed by atoms with Crippen molar-refractivity contribution in [2.24, 2.45) is 7.05 Å². The number of rotatable bonds is 11. The summed E-state index contributed by atoms with van der Waals surface area (Å²) in [7, 11) is 1.79. The average molecular weight is 456 g/mol. The van der Waals surface area contributed by atoms with Crippen molar-refractivity contribution in [2.45, 2.75) is 32.6 Å². The van der Waals surface area contributed by atoms with Gasteiger partial charge < -0.3 is 14.2 Å². The van der Waals surface area contributed by atoms with Gasteiger partial charge in [0.15, 0.2) is 0 Å². The van der Waals surface area contributed by atoms with Crippen LogP contribution in [0.4, 0.5) is 5.69 Å². The molecule has 0 spiro atoms. The van der Waals surface area contributed by atoms with Crippen LogP contribution in [0, 0.1) is 6.92 Å². The maximum absolute atomic E-state index is 11.8. The van der Waals surface area contributed by atoms with E-state index in [1.165, 1.54) is 16.8 Å². The van der Waals surface area contributed by atoms with Gasteiger partial charge in [-0.3, -0.25) is 9.78 Å². The lowest BCUT2D eigenvalue weighted by Gasteiger charge is -2.26. The van der Waals surface area contributed by atoms with Crippen LogP contribution in [0.25, 0.3) is 10.9 Å². The molecular weight excluding hydrogens is 422 g/mol. The van der Waals surface area contributed by atoms with E-state index in [9.17, 15) is 4.79 Å². The van der Waals surface area contributed by atoms with Crippen molar-refractivity contribution in [3.05, 3.63) is 101 Å². The molecule has 34 heavy (non-hydrogen) atoms. The number of para-hydroxylation sites is 1. The van der Waals surface area contributed by atoms with E-state index in [0.29, 0.717) is 6.61 Å². The van der Waals surface area contributed by atoms with Crippen LogP contribution in [0.5, 0.6) is 5.75 Å². The maximum atomic E-state index is 11.8. The third-order valence-corrected chi connectivity index (χ3v) is 6.29. The molecule has 0 unspecified atom stereocenters. The Bertz CT molecular complexity index is 1270. The lowest BCUT2D eigenvalue weighted by molar-refractivity contribution is 0.306. The standard InChI is InChI=1S/C29H33N3O2/c1-23-9-4-5-11-27(23)32(19-16-24-10-8-17-30-22-24)18-6-3-7-20-34-26-13-14-28-25(21-26)12-15-29(33)31(28)2/h4-5,8-15,17,21-22H,3,6-7,16,18-20H2,1-2H3. The van der Waals surface area contributed by atoms with Crippen molar-refractivity contribution >= 4 is 16.6 Å². The van der Waals surface area contributed by atoms with E-state index in [2.05, 4.69) is 47.1 Å². The van der Waals surface area contributed by atoms with Gasteiger partial charge in [0, 0.05) is 49.7 Å². The highest BCUT2D eigenvalue weighted by Gasteiger charge is 2.09. The molecule has 4 aromatic rings. The van der Waals surface area contributed by atoms with Crippen LogP contribution in [0.1, 0.15) is 30.4 Å². The van der Waals surface area contributed by atoms with Gasteiger partial charge in [0.2, 0.25) is 0 Å². The normalized spacial score (nSPS) is 11.0. The van der Waals surface area contributed by atoms with Gasteiger partial charge in [-0.05, 0) is 80.1 Å². The second-order valence-electron chi connectivity index (χ2n) is 8.75. The molecule has 0 saturated heterocycles. The van der Waals surface area contributed by atoms with Crippen molar-refractivity contribution in [3.63, 3.8) is 0 Å². The summed E-state index contributed by atoms with van der Waals surface area (Å²) in [6.45, 7) is 4.88. The summed E-state index contributed by atoms with van der Waals surface area (Å²) in [6.07, 6.45) is 8.00. The second kappa shape index (κ2) is 11.5.